The van der Waals surface area contributed by atoms with Crippen molar-refractivity contribution in [2.24, 2.45) is 0 Å². The molecule has 7 heavy (non-hydrogen) atoms. The molecule has 0 aromatic heterocycles. The van der Waals surface area contributed by atoms with E-state index in [4.69, 9.17) is 0 Å². The first-order chi connectivity index (χ1) is 3.12. The van der Waals surface area contributed by atoms with Crippen molar-refractivity contribution in [3.05, 3.63) is 0 Å². The Morgan fingerprint density at radius 3 is 2.00 bits per heavy atom. The summed E-state index contributed by atoms with van der Waals surface area (Å²) in [4.78, 5) is -1.08. The summed E-state index contributed by atoms with van der Waals surface area (Å²) in [5.74, 6) is 0. The molecule has 0 spiro atoms. The van der Waals surface area contributed by atoms with E-state index in [0.29, 0.717) is 0 Å². The van der Waals surface area contributed by atoms with Crippen molar-refractivity contribution < 1.29 is 0 Å². The zero-order valence-electron chi connectivity index (χ0n) is 3.84. The Balaban J connectivity index is 3.36. The van der Waals surface area contributed by atoms with E-state index in [9.17, 15) is 0 Å². The van der Waals surface area contributed by atoms with Crippen LogP contribution in [0, 0.1) is 0 Å². The van der Waals surface area contributed by atoms with Gasteiger partial charge in [0.05, 0.1) is 0 Å². The fourth-order valence-corrected chi connectivity index (χ4v) is 3.12. The van der Waals surface area contributed by atoms with Crippen molar-refractivity contribution in [3.8, 4) is 0 Å². The minimum atomic E-state index is -1.08. The number of rotatable bonds is 2. The van der Waals surface area contributed by atoms with Gasteiger partial charge in [-0.15, -0.1) is 45.9 Å². The predicted molar refractivity (Wildman–Crippen MR) is 48.8 cm³/mol. The Morgan fingerprint density at radius 1 is 1.57 bits per heavy atom. The predicted octanol–water partition coefficient (Wildman–Crippen LogP) is 2.75. The topological polar surface area (TPSA) is 0 Å². The second-order valence-electron chi connectivity index (χ2n) is 1.15. The Bertz CT molecular complexity index is 48.9. The van der Waals surface area contributed by atoms with Crippen LogP contribution in [0.5, 0.6) is 0 Å². The summed E-state index contributed by atoms with van der Waals surface area (Å²) >= 11 is 10.6. The van der Waals surface area contributed by atoms with Gasteiger partial charge in [-0.05, 0) is 6.04 Å². The maximum atomic E-state index is 3.60. The Kier molecular flexibility index (Phi) is 4.84. The van der Waals surface area contributed by atoms with Gasteiger partial charge in [0.15, 0.2) is 12.5 Å². The van der Waals surface area contributed by atoms with Gasteiger partial charge in [-0.3, -0.25) is 0 Å². The van der Waals surface area contributed by atoms with Crippen molar-refractivity contribution in [3.63, 3.8) is 0 Å². The van der Waals surface area contributed by atoms with E-state index >= 15 is 0 Å². The fourth-order valence-electron chi connectivity index (χ4n) is 0.0668. The highest BCUT2D eigenvalue weighted by atomic mass is 79.9. The summed E-state index contributed by atoms with van der Waals surface area (Å²) < 4.78 is 0. The SMILES string of the molecule is CC[Si](Br)(Br)[Si]Br. The van der Waals surface area contributed by atoms with Crippen LogP contribution in [-0.2, 0) is 0 Å². The van der Waals surface area contributed by atoms with Gasteiger partial charge in [0, 0.05) is 0 Å². The van der Waals surface area contributed by atoms with Gasteiger partial charge in [-0.1, -0.05) is 6.92 Å². The molecule has 0 saturated carbocycles. The lowest BCUT2D eigenvalue weighted by molar-refractivity contribution is 1.47. The van der Waals surface area contributed by atoms with E-state index in [1.807, 2.05) is 0 Å². The summed E-state index contributed by atoms with van der Waals surface area (Å²) in [5, 5.41) is 0. The van der Waals surface area contributed by atoms with E-state index in [1.165, 1.54) is 6.04 Å². The number of hydrogen-bond acceptors (Lipinski definition) is 0. The molecule has 0 fully saturated rings. The molecule has 0 aromatic carbocycles. The zero-order chi connectivity index (χ0) is 5.91. The smallest absolute Gasteiger partial charge is 0.133 e. The summed E-state index contributed by atoms with van der Waals surface area (Å²) in [5.41, 5.74) is 0. The lowest BCUT2D eigenvalue weighted by Gasteiger charge is -2.07. The van der Waals surface area contributed by atoms with Crippen molar-refractivity contribution >= 4 is 58.4 Å². The van der Waals surface area contributed by atoms with Crippen LogP contribution in [0.25, 0.3) is 0 Å². The minimum Gasteiger partial charge on any atom is -0.133 e. The van der Waals surface area contributed by atoms with Gasteiger partial charge < -0.3 is 0 Å². The second kappa shape index (κ2) is 3.82. The molecule has 2 radical (unpaired) electrons. The Morgan fingerprint density at radius 2 is 2.00 bits per heavy atom. The van der Waals surface area contributed by atoms with Gasteiger partial charge in [-0.2, -0.15) is 0 Å². The first-order valence-electron chi connectivity index (χ1n) is 1.88. The van der Waals surface area contributed by atoms with Crippen LogP contribution in [-0.4, -0.2) is 12.5 Å². The average Bonchev–Trinajstić information content (AvgIpc) is 1.68. The first-order valence-corrected chi connectivity index (χ1v) is 12.9. The van der Waals surface area contributed by atoms with Crippen molar-refractivity contribution in [2.75, 3.05) is 0 Å². The third kappa shape index (κ3) is 4.38. The second-order valence-corrected chi connectivity index (χ2v) is 25.9. The molecule has 0 aliphatic carbocycles. The first kappa shape index (κ1) is 8.87. The molecule has 0 amide bonds. The molecular weight excluding hydrogens is 320 g/mol. The zero-order valence-corrected chi connectivity index (χ0v) is 10.6. The van der Waals surface area contributed by atoms with Crippen LogP contribution in [0.15, 0.2) is 0 Å². The molecule has 0 bridgehead atoms. The summed E-state index contributed by atoms with van der Waals surface area (Å²) in [6.07, 6.45) is 0. The molecule has 5 heteroatoms. The largest absolute Gasteiger partial charge is 0.199 e. The molecule has 0 saturated heterocycles. The van der Waals surface area contributed by atoms with Crippen molar-refractivity contribution in [1.29, 1.82) is 0 Å². The van der Waals surface area contributed by atoms with Gasteiger partial charge in [0.1, 0.15) is 0 Å². The van der Waals surface area contributed by atoms with E-state index in [-0.39, 0.29) is 0 Å². The molecule has 0 atom stereocenters. The van der Waals surface area contributed by atoms with Crippen LogP contribution >= 0.6 is 45.9 Å². The molecular formula is C2H5Br3Si2. The van der Waals surface area contributed by atoms with Crippen LogP contribution in [0.4, 0.5) is 0 Å². The maximum Gasteiger partial charge on any atom is 0.199 e. The molecule has 0 heterocycles. The van der Waals surface area contributed by atoms with Gasteiger partial charge in [0.25, 0.3) is 0 Å². The Hall–Kier alpha value is 1.87. The van der Waals surface area contributed by atoms with Crippen LogP contribution in [0.2, 0.25) is 6.04 Å². The molecule has 0 nitrogen and oxygen atoms in total. The van der Waals surface area contributed by atoms with Crippen LogP contribution in [0.1, 0.15) is 6.92 Å². The minimum absolute atomic E-state index is 0.869. The van der Waals surface area contributed by atoms with Crippen LogP contribution in [0.3, 0.4) is 0 Å². The van der Waals surface area contributed by atoms with Crippen LogP contribution < -0.4 is 0 Å². The lowest BCUT2D eigenvalue weighted by Crippen LogP contribution is -2.20. The lowest BCUT2D eigenvalue weighted by atomic mass is 11.0. The Labute approximate surface area is 70.8 Å². The normalized spacial score (nSPS) is 12.0. The highest BCUT2D eigenvalue weighted by Gasteiger charge is 2.22. The highest BCUT2D eigenvalue weighted by molar-refractivity contribution is 9.56. The maximum absolute atomic E-state index is 3.60. The van der Waals surface area contributed by atoms with Crippen molar-refractivity contribution in [2.45, 2.75) is 13.0 Å². The van der Waals surface area contributed by atoms with E-state index in [2.05, 4.69) is 52.8 Å². The standard InChI is InChI=1S/C2H5Br3Si2/c1-2-7(4,5)6-3/h2H2,1H3. The van der Waals surface area contributed by atoms with Gasteiger partial charge in [-0.25, -0.2) is 0 Å². The van der Waals surface area contributed by atoms with E-state index in [1.54, 1.807) is 0 Å². The molecule has 42 valence electrons. The summed E-state index contributed by atoms with van der Waals surface area (Å²) in [7, 11) is 0.869. The van der Waals surface area contributed by atoms with Gasteiger partial charge in [0.2, 0.25) is 0 Å². The quantitative estimate of drug-likeness (QED) is 0.541. The summed E-state index contributed by atoms with van der Waals surface area (Å²) in [6, 6.07) is 1.23. The number of halogens is 3. The van der Waals surface area contributed by atoms with Crippen molar-refractivity contribution in [1.82, 2.24) is 0 Å². The average molecular weight is 325 g/mol. The molecule has 0 unspecified atom stereocenters. The molecule has 0 aliphatic heterocycles. The van der Waals surface area contributed by atoms with E-state index < -0.39 is 4.83 Å². The number of hydrogen-bond donors (Lipinski definition) is 0. The third-order valence-electron chi connectivity index (χ3n) is 0.582. The molecule has 0 aliphatic rings. The fraction of sp³-hybridized carbons (Fsp3) is 1.00. The summed E-state index contributed by atoms with van der Waals surface area (Å²) in [6.45, 7) is 2.18. The highest BCUT2D eigenvalue weighted by Crippen LogP contribution is 2.24. The molecule has 0 aromatic rings. The van der Waals surface area contributed by atoms with E-state index in [0.717, 1.165) is 7.66 Å². The monoisotopic (exact) mass is 322 g/mol. The molecule has 0 N–H and O–H groups in total. The third-order valence-corrected chi connectivity index (χ3v) is 26.2. The molecule has 0 rings (SSSR count). The van der Waals surface area contributed by atoms with Gasteiger partial charge >= 0.3 is 0 Å².